The van der Waals surface area contributed by atoms with E-state index < -0.39 is 30.4 Å². The van der Waals surface area contributed by atoms with Crippen molar-refractivity contribution in [2.24, 2.45) is 0 Å². The van der Waals surface area contributed by atoms with Crippen LogP contribution in [0.25, 0.3) is 0 Å². The average Bonchev–Trinajstić information content (AvgIpc) is 2.30. The summed E-state index contributed by atoms with van der Waals surface area (Å²) >= 11 is 1.46. The highest BCUT2D eigenvalue weighted by Crippen LogP contribution is 2.33. The molecule has 0 atom stereocenters. The summed E-state index contributed by atoms with van der Waals surface area (Å²) in [6.07, 6.45) is -4.05. The molecule has 0 saturated heterocycles. The van der Waals surface area contributed by atoms with E-state index in [1.807, 2.05) is 0 Å². The molecular weight excluding hydrogens is 385 g/mol. The lowest BCUT2D eigenvalue weighted by Crippen LogP contribution is -2.21. The van der Waals surface area contributed by atoms with Gasteiger partial charge in [0.2, 0.25) is 0 Å². The first-order chi connectivity index (χ1) is 8.80. The molecule has 1 heterocycles. The number of carbonyl (C=O) groups is 1. The van der Waals surface area contributed by atoms with Crippen LogP contribution in [0.2, 0.25) is 0 Å². The van der Waals surface area contributed by atoms with Crippen molar-refractivity contribution in [2.75, 3.05) is 6.61 Å². The Bertz CT molecular complexity index is 479. The van der Waals surface area contributed by atoms with E-state index in [1.54, 1.807) is 0 Å². The van der Waals surface area contributed by atoms with E-state index in [0.29, 0.717) is 0 Å². The van der Waals surface area contributed by atoms with Crippen LogP contribution in [0.4, 0.5) is 17.6 Å². The zero-order chi connectivity index (χ0) is 14.6. The standard InChI is InChI=1S/C10H8F4INO3/c1-2-18-9(17)7-8(19-10(12,13)14)6(15)5(3-11)4-16-7/h4H,2-3H2,1H3. The largest absolute Gasteiger partial charge is 0.573 e. The fourth-order valence-corrected chi connectivity index (χ4v) is 1.80. The number of hydrogen-bond acceptors (Lipinski definition) is 4. The Labute approximate surface area is 119 Å². The molecule has 4 nitrogen and oxygen atoms in total. The molecule has 0 aliphatic heterocycles. The first-order valence-corrected chi connectivity index (χ1v) is 6.04. The van der Waals surface area contributed by atoms with Crippen molar-refractivity contribution in [2.45, 2.75) is 20.0 Å². The van der Waals surface area contributed by atoms with E-state index in [4.69, 9.17) is 0 Å². The highest BCUT2D eigenvalue weighted by Gasteiger charge is 2.35. The maximum Gasteiger partial charge on any atom is 0.573 e. The van der Waals surface area contributed by atoms with E-state index in [0.717, 1.165) is 6.20 Å². The number of halogens is 5. The summed E-state index contributed by atoms with van der Waals surface area (Å²) in [7, 11) is 0. The normalized spacial score (nSPS) is 11.3. The van der Waals surface area contributed by atoms with Crippen LogP contribution in [0.1, 0.15) is 23.0 Å². The van der Waals surface area contributed by atoms with Crippen molar-refractivity contribution in [1.82, 2.24) is 4.98 Å². The molecule has 1 aromatic rings. The van der Waals surface area contributed by atoms with Crippen molar-refractivity contribution in [1.29, 1.82) is 0 Å². The summed E-state index contributed by atoms with van der Waals surface area (Å²) in [6.45, 7) is 0.430. The fourth-order valence-electron chi connectivity index (χ4n) is 1.15. The molecule has 0 amide bonds. The Balaban J connectivity index is 3.30. The quantitative estimate of drug-likeness (QED) is 0.448. The van der Waals surface area contributed by atoms with E-state index >= 15 is 0 Å². The zero-order valence-corrected chi connectivity index (χ0v) is 11.7. The minimum atomic E-state index is -5.02. The number of alkyl halides is 4. The Hall–Kier alpha value is -1.13. The van der Waals surface area contributed by atoms with Crippen LogP contribution in [-0.4, -0.2) is 23.9 Å². The average molecular weight is 393 g/mol. The molecule has 1 aromatic heterocycles. The highest BCUT2D eigenvalue weighted by atomic mass is 127. The number of rotatable bonds is 4. The molecule has 0 aliphatic rings. The first-order valence-electron chi connectivity index (χ1n) is 4.96. The third kappa shape index (κ3) is 4.18. The molecule has 9 heteroatoms. The summed E-state index contributed by atoms with van der Waals surface area (Å²) in [5.41, 5.74) is -0.742. The van der Waals surface area contributed by atoms with Gasteiger partial charge in [-0.05, 0) is 29.5 Å². The van der Waals surface area contributed by atoms with Gasteiger partial charge in [0.15, 0.2) is 11.4 Å². The second-order valence-electron chi connectivity index (χ2n) is 3.18. The molecule has 0 spiro atoms. The molecule has 1 rings (SSSR count). The number of aromatic nitrogens is 1. The lowest BCUT2D eigenvalue weighted by Gasteiger charge is -2.14. The van der Waals surface area contributed by atoms with Gasteiger partial charge < -0.3 is 9.47 Å². The van der Waals surface area contributed by atoms with Gasteiger partial charge in [-0.3, -0.25) is 0 Å². The van der Waals surface area contributed by atoms with Crippen LogP contribution in [0.3, 0.4) is 0 Å². The van der Waals surface area contributed by atoms with Gasteiger partial charge >= 0.3 is 12.3 Å². The van der Waals surface area contributed by atoms with Crippen LogP contribution < -0.4 is 4.74 Å². The van der Waals surface area contributed by atoms with Gasteiger partial charge in [-0.25, -0.2) is 14.2 Å². The van der Waals surface area contributed by atoms with Crippen LogP contribution in [0, 0.1) is 3.57 Å². The maximum atomic E-state index is 12.6. The van der Waals surface area contributed by atoms with Gasteiger partial charge in [0.05, 0.1) is 10.2 Å². The summed E-state index contributed by atoms with van der Waals surface area (Å²) in [5, 5.41) is 0. The molecule has 0 N–H and O–H groups in total. The van der Waals surface area contributed by atoms with Gasteiger partial charge in [-0.15, -0.1) is 13.2 Å². The topological polar surface area (TPSA) is 48.4 Å². The van der Waals surface area contributed by atoms with Crippen molar-refractivity contribution >= 4 is 28.6 Å². The molecule has 106 valence electrons. The second kappa shape index (κ2) is 6.35. The molecule has 0 saturated carbocycles. The number of esters is 1. The van der Waals surface area contributed by atoms with Crippen LogP contribution in [-0.2, 0) is 11.4 Å². The van der Waals surface area contributed by atoms with Crippen molar-refractivity contribution in [3.63, 3.8) is 0 Å². The first kappa shape index (κ1) is 15.9. The molecule has 0 radical (unpaired) electrons. The number of hydrogen-bond donors (Lipinski definition) is 0. The summed E-state index contributed by atoms with van der Waals surface area (Å²) in [6, 6.07) is 0. The molecule has 0 bridgehead atoms. The van der Waals surface area contributed by atoms with Gasteiger partial charge in [0, 0.05) is 11.8 Å². The lowest BCUT2D eigenvalue weighted by atomic mass is 10.2. The molecule has 0 aromatic carbocycles. The van der Waals surface area contributed by atoms with Crippen molar-refractivity contribution < 1.29 is 31.8 Å². The van der Waals surface area contributed by atoms with E-state index in [9.17, 15) is 22.4 Å². The second-order valence-corrected chi connectivity index (χ2v) is 4.26. The summed E-state index contributed by atoms with van der Waals surface area (Å²) < 4.78 is 57.6. The maximum absolute atomic E-state index is 12.6. The van der Waals surface area contributed by atoms with E-state index in [-0.39, 0.29) is 15.7 Å². The number of carbonyl (C=O) groups excluding carboxylic acids is 1. The van der Waals surface area contributed by atoms with Crippen molar-refractivity contribution in [3.8, 4) is 5.75 Å². The Kier molecular flexibility index (Phi) is 5.32. The van der Waals surface area contributed by atoms with Gasteiger partial charge in [0.25, 0.3) is 0 Å². The highest BCUT2D eigenvalue weighted by molar-refractivity contribution is 14.1. The van der Waals surface area contributed by atoms with Gasteiger partial charge in [-0.1, -0.05) is 0 Å². The smallest absolute Gasteiger partial charge is 0.461 e. The van der Waals surface area contributed by atoms with Crippen LogP contribution in [0.5, 0.6) is 5.75 Å². The molecule has 0 fully saturated rings. The summed E-state index contributed by atoms with van der Waals surface area (Å²) in [5.74, 6) is -1.91. The minimum absolute atomic E-state index is 0.0343. The zero-order valence-electron chi connectivity index (χ0n) is 9.55. The molecule has 0 unspecified atom stereocenters. The van der Waals surface area contributed by atoms with Gasteiger partial charge in [0.1, 0.15) is 6.67 Å². The fraction of sp³-hybridized carbons (Fsp3) is 0.400. The number of pyridine rings is 1. The lowest BCUT2D eigenvalue weighted by molar-refractivity contribution is -0.275. The van der Waals surface area contributed by atoms with Gasteiger partial charge in [-0.2, -0.15) is 0 Å². The minimum Gasteiger partial charge on any atom is -0.461 e. The van der Waals surface area contributed by atoms with E-state index in [1.165, 1.54) is 29.5 Å². The molecule has 19 heavy (non-hydrogen) atoms. The Morgan fingerprint density at radius 2 is 2.11 bits per heavy atom. The Morgan fingerprint density at radius 3 is 2.58 bits per heavy atom. The predicted molar refractivity (Wildman–Crippen MR) is 64.4 cm³/mol. The third-order valence-electron chi connectivity index (χ3n) is 1.88. The third-order valence-corrected chi connectivity index (χ3v) is 3.06. The monoisotopic (exact) mass is 393 g/mol. The number of nitrogens with zero attached hydrogens (tertiary/aromatic N) is 1. The predicted octanol–water partition coefficient (Wildman–Crippen LogP) is 3.23. The SMILES string of the molecule is CCOC(=O)c1ncc(CF)c(I)c1OC(F)(F)F. The summed E-state index contributed by atoms with van der Waals surface area (Å²) in [4.78, 5) is 14.9. The van der Waals surface area contributed by atoms with Crippen molar-refractivity contribution in [3.05, 3.63) is 21.0 Å². The molecule has 0 aliphatic carbocycles. The van der Waals surface area contributed by atoms with Crippen LogP contribution in [0.15, 0.2) is 6.20 Å². The molecular formula is C10H8F4INO3. The Morgan fingerprint density at radius 1 is 1.47 bits per heavy atom. The van der Waals surface area contributed by atoms with E-state index in [2.05, 4.69) is 14.5 Å². The van der Waals surface area contributed by atoms with Crippen LogP contribution >= 0.6 is 22.6 Å². The number of ether oxygens (including phenoxy) is 2.